The summed E-state index contributed by atoms with van der Waals surface area (Å²) in [7, 11) is 0. The van der Waals surface area contributed by atoms with Gasteiger partial charge in [-0.2, -0.15) is 0 Å². The molecule has 3 nitrogen and oxygen atoms in total. The Morgan fingerprint density at radius 3 is 3.07 bits per heavy atom. The largest absolute Gasteiger partial charge is 0.480 e. The van der Waals surface area contributed by atoms with Gasteiger partial charge in [0.2, 0.25) is 0 Å². The SMILES string of the molecule is O=C(O)C1CSc2ccccc2CN1. The van der Waals surface area contributed by atoms with Crippen molar-refractivity contribution in [3.05, 3.63) is 29.8 Å². The van der Waals surface area contributed by atoms with Gasteiger partial charge in [-0.3, -0.25) is 10.1 Å². The van der Waals surface area contributed by atoms with Gasteiger partial charge in [-0.05, 0) is 11.6 Å². The molecule has 0 fully saturated rings. The Bertz CT molecular complexity index is 327. The summed E-state index contributed by atoms with van der Waals surface area (Å²) in [6.07, 6.45) is 0. The Balaban J connectivity index is 2.18. The van der Waals surface area contributed by atoms with Gasteiger partial charge in [0.05, 0.1) is 0 Å². The lowest BCUT2D eigenvalue weighted by Gasteiger charge is -2.08. The molecule has 0 spiro atoms. The minimum Gasteiger partial charge on any atom is -0.480 e. The molecule has 4 heteroatoms. The lowest BCUT2D eigenvalue weighted by molar-refractivity contribution is -0.138. The molecule has 0 aromatic heterocycles. The van der Waals surface area contributed by atoms with Crippen molar-refractivity contribution in [1.82, 2.24) is 5.32 Å². The fourth-order valence-corrected chi connectivity index (χ4v) is 2.52. The highest BCUT2D eigenvalue weighted by Gasteiger charge is 2.20. The van der Waals surface area contributed by atoms with Crippen LogP contribution in [0.2, 0.25) is 0 Å². The number of rotatable bonds is 1. The van der Waals surface area contributed by atoms with Gasteiger partial charge in [0.1, 0.15) is 6.04 Å². The van der Waals surface area contributed by atoms with E-state index in [1.807, 2.05) is 24.3 Å². The number of carbonyl (C=O) groups is 1. The van der Waals surface area contributed by atoms with Crippen LogP contribution in [0.4, 0.5) is 0 Å². The van der Waals surface area contributed by atoms with E-state index in [0.717, 1.165) is 0 Å². The van der Waals surface area contributed by atoms with Crippen molar-refractivity contribution < 1.29 is 9.90 Å². The zero-order valence-electron chi connectivity index (χ0n) is 7.56. The molecule has 0 amide bonds. The molecule has 2 N–H and O–H groups in total. The van der Waals surface area contributed by atoms with Crippen LogP contribution in [0.25, 0.3) is 0 Å². The van der Waals surface area contributed by atoms with Crippen LogP contribution in [-0.2, 0) is 11.3 Å². The summed E-state index contributed by atoms with van der Waals surface area (Å²) in [6, 6.07) is 7.58. The number of hydrogen-bond acceptors (Lipinski definition) is 3. The average molecular weight is 209 g/mol. The maximum Gasteiger partial charge on any atom is 0.321 e. The number of benzene rings is 1. The van der Waals surface area contributed by atoms with Crippen LogP contribution < -0.4 is 5.32 Å². The van der Waals surface area contributed by atoms with Gasteiger partial charge >= 0.3 is 5.97 Å². The first-order valence-corrected chi connectivity index (χ1v) is 5.43. The summed E-state index contributed by atoms with van der Waals surface area (Å²) in [5.41, 5.74) is 1.18. The van der Waals surface area contributed by atoms with Crippen LogP contribution in [0.1, 0.15) is 5.56 Å². The topological polar surface area (TPSA) is 49.3 Å². The van der Waals surface area contributed by atoms with E-state index >= 15 is 0 Å². The number of carboxylic acid groups (broad SMARTS) is 1. The van der Waals surface area contributed by atoms with E-state index in [2.05, 4.69) is 5.32 Å². The molecule has 1 aliphatic rings. The Morgan fingerprint density at radius 2 is 2.29 bits per heavy atom. The monoisotopic (exact) mass is 209 g/mol. The van der Waals surface area contributed by atoms with E-state index in [1.54, 1.807) is 11.8 Å². The number of thioether (sulfide) groups is 1. The highest BCUT2D eigenvalue weighted by molar-refractivity contribution is 7.99. The molecule has 2 rings (SSSR count). The number of nitrogens with one attached hydrogen (secondary N) is 1. The van der Waals surface area contributed by atoms with Crippen molar-refractivity contribution in [3.63, 3.8) is 0 Å². The molecule has 1 aliphatic heterocycles. The fraction of sp³-hybridized carbons (Fsp3) is 0.300. The van der Waals surface area contributed by atoms with E-state index in [9.17, 15) is 4.79 Å². The quantitative estimate of drug-likeness (QED) is 0.732. The van der Waals surface area contributed by atoms with Crippen LogP contribution >= 0.6 is 11.8 Å². The highest BCUT2D eigenvalue weighted by atomic mass is 32.2. The molecular formula is C10H11NO2S. The van der Waals surface area contributed by atoms with Gasteiger partial charge in [-0.1, -0.05) is 18.2 Å². The molecule has 0 saturated carbocycles. The predicted molar refractivity (Wildman–Crippen MR) is 55.4 cm³/mol. The minimum atomic E-state index is -0.773. The lowest BCUT2D eigenvalue weighted by atomic mass is 10.2. The van der Waals surface area contributed by atoms with Gasteiger partial charge in [0, 0.05) is 17.2 Å². The van der Waals surface area contributed by atoms with Gasteiger partial charge in [0.25, 0.3) is 0 Å². The van der Waals surface area contributed by atoms with Gasteiger partial charge < -0.3 is 5.11 Å². The summed E-state index contributed by atoms with van der Waals surface area (Å²) in [4.78, 5) is 12.0. The van der Waals surface area contributed by atoms with Crippen molar-refractivity contribution in [2.24, 2.45) is 0 Å². The van der Waals surface area contributed by atoms with E-state index < -0.39 is 12.0 Å². The molecule has 1 aromatic carbocycles. The second-order valence-corrected chi connectivity index (χ2v) is 4.25. The molecular weight excluding hydrogens is 198 g/mol. The molecule has 1 aromatic rings. The summed E-state index contributed by atoms with van der Waals surface area (Å²) in [6.45, 7) is 0.639. The third-order valence-corrected chi connectivity index (χ3v) is 3.42. The summed E-state index contributed by atoms with van der Waals surface area (Å²) < 4.78 is 0. The van der Waals surface area contributed by atoms with Crippen LogP contribution in [0.15, 0.2) is 29.2 Å². The van der Waals surface area contributed by atoms with Crippen molar-refractivity contribution in [2.45, 2.75) is 17.5 Å². The molecule has 0 saturated heterocycles. The average Bonchev–Trinajstić information content (AvgIpc) is 2.39. The van der Waals surface area contributed by atoms with Crippen molar-refractivity contribution >= 4 is 17.7 Å². The highest BCUT2D eigenvalue weighted by Crippen LogP contribution is 2.25. The second-order valence-electron chi connectivity index (χ2n) is 3.19. The summed E-state index contributed by atoms with van der Waals surface area (Å²) in [5.74, 6) is -0.183. The fourth-order valence-electron chi connectivity index (χ4n) is 1.41. The molecule has 14 heavy (non-hydrogen) atoms. The van der Waals surface area contributed by atoms with E-state index in [1.165, 1.54) is 10.5 Å². The van der Waals surface area contributed by atoms with Gasteiger partial charge in [0.15, 0.2) is 0 Å². The molecule has 0 radical (unpaired) electrons. The van der Waals surface area contributed by atoms with Crippen molar-refractivity contribution in [3.8, 4) is 0 Å². The van der Waals surface area contributed by atoms with Crippen LogP contribution in [0.5, 0.6) is 0 Å². The third-order valence-electron chi connectivity index (χ3n) is 2.22. The first-order valence-electron chi connectivity index (χ1n) is 4.44. The van der Waals surface area contributed by atoms with Gasteiger partial charge in [-0.25, -0.2) is 0 Å². The molecule has 0 aliphatic carbocycles. The Labute approximate surface area is 86.5 Å². The Kier molecular flexibility index (Phi) is 2.74. The molecule has 1 unspecified atom stereocenters. The summed E-state index contributed by atoms with van der Waals surface area (Å²) >= 11 is 1.60. The molecule has 1 heterocycles. The number of fused-ring (bicyclic) bond motifs is 1. The van der Waals surface area contributed by atoms with Crippen LogP contribution in [-0.4, -0.2) is 22.9 Å². The van der Waals surface area contributed by atoms with E-state index in [4.69, 9.17) is 5.11 Å². The van der Waals surface area contributed by atoms with Crippen molar-refractivity contribution in [1.29, 1.82) is 0 Å². The van der Waals surface area contributed by atoms with E-state index in [-0.39, 0.29) is 0 Å². The number of carboxylic acids is 1. The lowest BCUT2D eigenvalue weighted by Crippen LogP contribution is -2.37. The van der Waals surface area contributed by atoms with Gasteiger partial charge in [-0.15, -0.1) is 11.8 Å². The summed E-state index contributed by atoms with van der Waals surface area (Å²) in [5, 5.41) is 11.9. The normalized spacial score (nSPS) is 21.0. The van der Waals surface area contributed by atoms with E-state index in [0.29, 0.717) is 12.3 Å². The Hall–Kier alpha value is -1.00. The number of aliphatic carboxylic acids is 1. The molecule has 74 valence electrons. The maximum atomic E-state index is 10.8. The second kappa shape index (κ2) is 4.02. The predicted octanol–water partition coefficient (Wildman–Crippen LogP) is 1.34. The third kappa shape index (κ3) is 1.91. The minimum absolute atomic E-state index is 0.438. The van der Waals surface area contributed by atoms with Crippen LogP contribution in [0, 0.1) is 0 Å². The zero-order valence-corrected chi connectivity index (χ0v) is 8.38. The first kappa shape index (κ1) is 9.55. The zero-order chi connectivity index (χ0) is 9.97. The van der Waals surface area contributed by atoms with Crippen molar-refractivity contribution in [2.75, 3.05) is 5.75 Å². The molecule has 0 bridgehead atoms. The number of hydrogen-bond donors (Lipinski definition) is 2. The molecule has 1 atom stereocenters. The maximum absolute atomic E-state index is 10.8. The Morgan fingerprint density at radius 1 is 1.50 bits per heavy atom. The standard InChI is InChI=1S/C10H11NO2S/c12-10(13)8-6-14-9-4-2-1-3-7(9)5-11-8/h1-4,8,11H,5-6H2,(H,12,13). The smallest absolute Gasteiger partial charge is 0.321 e. The van der Waals surface area contributed by atoms with Crippen LogP contribution in [0.3, 0.4) is 0 Å². The first-order chi connectivity index (χ1) is 6.77.